The molecule has 2 rings (SSSR count). The van der Waals surface area contributed by atoms with Crippen molar-refractivity contribution >= 4 is 15.4 Å². The normalized spacial score (nSPS) is 26.5. The van der Waals surface area contributed by atoms with Crippen molar-refractivity contribution in [2.75, 3.05) is 26.2 Å². The molecule has 1 N–H and O–H groups in total. The Kier molecular flexibility index (Phi) is 2.70. The van der Waals surface area contributed by atoms with E-state index in [1.165, 1.54) is 0 Å². The van der Waals surface area contributed by atoms with Crippen molar-refractivity contribution in [3.8, 4) is 0 Å². The Morgan fingerprint density at radius 2 is 2.00 bits per heavy atom. The maximum absolute atomic E-state index is 11.4. The molecule has 0 aromatic heterocycles. The number of urea groups is 1. The molecular weight excluding hydrogens is 185 g/mol. The van der Waals surface area contributed by atoms with Crippen LogP contribution in [0.2, 0.25) is 0 Å². The number of amides is 2. The van der Waals surface area contributed by atoms with Gasteiger partial charge in [-0.1, -0.05) is 9.39 Å². The van der Waals surface area contributed by atoms with Gasteiger partial charge in [0.25, 0.3) is 0 Å². The average Bonchev–Trinajstić information content (AvgIpc) is 2.53. The van der Waals surface area contributed by atoms with Crippen LogP contribution in [0.25, 0.3) is 0 Å². The second-order valence-corrected chi connectivity index (χ2v) is 4.42. The van der Waals surface area contributed by atoms with Crippen LogP contribution in [0.1, 0.15) is 12.8 Å². The van der Waals surface area contributed by atoms with Gasteiger partial charge in [0.15, 0.2) is 0 Å². The topological polar surface area (TPSA) is 35.6 Å². The van der Waals surface area contributed by atoms with Crippen LogP contribution in [-0.4, -0.2) is 47.8 Å². The number of piperidine rings is 1. The lowest BCUT2D eigenvalue weighted by Crippen LogP contribution is -2.43. The molecule has 2 heterocycles. The first kappa shape index (κ1) is 9.22. The number of carbonyl (C=O) groups excluding carboxylic acids is 1. The van der Waals surface area contributed by atoms with Crippen LogP contribution in [-0.2, 0) is 0 Å². The molecule has 0 saturated carbocycles. The maximum Gasteiger partial charge on any atom is 0.317 e. The van der Waals surface area contributed by atoms with Crippen molar-refractivity contribution in [3.63, 3.8) is 0 Å². The minimum atomic E-state index is 0.127. The van der Waals surface area contributed by atoms with E-state index < -0.39 is 0 Å². The van der Waals surface area contributed by atoms with Crippen LogP contribution < -0.4 is 5.32 Å². The van der Waals surface area contributed by atoms with Gasteiger partial charge in [-0.3, -0.25) is 4.67 Å². The molecular formula is C8H16N3OP. The van der Waals surface area contributed by atoms with Crippen molar-refractivity contribution in [2.24, 2.45) is 0 Å². The molecule has 2 saturated heterocycles. The third kappa shape index (κ3) is 1.94. The van der Waals surface area contributed by atoms with Gasteiger partial charge in [0.2, 0.25) is 0 Å². The molecule has 4 nitrogen and oxygen atoms in total. The zero-order valence-corrected chi connectivity index (χ0v) is 8.85. The first-order valence-electron chi connectivity index (χ1n) is 4.81. The Bertz CT molecular complexity index is 204. The number of hydrogen-bond donors (Lipinski definition) is 1. The lowest BCUT2D eigenvalue weighted by molar-refractivity contribution is 0.170. The molecule has 13 heavy (non-hydrogen) atoms. The zero-order valence-electron chi connectivity index (χ0n) is 7.70. The molecule has 0 bridgehead atoms. The summed E-state index contributed by atoms with van der Waals surface area (Å²) in [7, 11) is 2.72. The second-order valence-electron chi connectivity index (χ2n) is 3.69. The molecule has 0 aliphatic carbocycles. The Balaban J connectivity index is 1.90. The van der Waals surface area contributed by atoms with Gasteiger partial charge in [-0.25, -0.2) is 4.79 Å². The monoisotopic (exact) mass is 201 g/mol. The van der Waals surface area contributed by atoms with E-state index in [1.54, 1.807) is 0 Å². The lowest BCUT2D eigenvalue weighted by atomic mass is 10.1. The molecule has 2 amide bonds. The van der Waals surface area contributed by atoms with Gasteiger partial charge in [-0.2, -0.15) is 0 Å². The molecule has 2 aliphatic heterocycles. The molecule has 1 unspecified atom stereocenters. The minimum absolute atomic E-state index is 0.127. The standard InChI is InChI=1S/C8H16N3OP/c12-8-9-3-6-11(8)7-1-4-10(13)5-2-7/h7H,1-6,13H2,(H,9,12). The van der Waals surface area contributed by atoms with Crippen molar-refractivity contribution < 1.29 is 4.79 Å². The van der Waals surface area contributed by atoms with E-state index in [0.29, 0.717) is 6.04 Å². The van der Waals surface area contributed by atoms with Crippen LogP contribution in [0.15, 0.2) is 0 Å². The predicted octanol–water partition coefficient (Wildman–Crippen LogP) is 0.266. The van der Waals surface area contributed by atoms with Crippen molar-refractivity contribution in [1.29, 1.82) is 0 Å². The van der Waals surface area contributed by atoms with E-state index >= 15 is 0 Å². The molecule has 0 spiro atoms. The SMILES string of the molecule is O=C1NCCN1C1CCN(P)CC1. The summed E-state index contributed by atoms with van der Waals surface area (Å²) in [4.78, 5) is 13.3. The summed E-state index contributed by atoms with van der Waals surface area (Å²) < 4.78 is 2.24. The second kappa shape index (κ2) is 3.81. The fourth-order valence-electron chi connectivity index (χ4n) is 2.03. The molecule has 1 atom stereocenters. The summed E-state index contributed by atoms with van der Waals surface area (Å²) >= 11 is 0. The smallest absolute Gasteiger partial charge is 0.317 e. The lowest BCUT2D eigenvalue weighted by Gasteiger charge is -2.34. The Morgan fingerprint density at radius 1 is 1.31 bits per heavy atom. The van der Waals surface area contributed by atoms with Crippen molar-refractivity contribution in [1.82, 2.24) is 14.9 Å². The van der Waals surface area contributed by atoms with E-state index in [-0.39, 0.29) is 6.03 Å². The van der Waals surface area contributed by atoms with Crippen molar-refractivity contribution in [3.05, 3.63) is 0 Å². The van der Waals surface area contributed by atoms with Crippen molar-refractivity contribution in [2.45, 2.75) is 18.9 Å². The first-order chi connectivity index (χ1) is 6.27. The van der Waals surface area contributed by atoms with Crippen LogP contribution >= 0.6 is 9.39 Å². The molecule has 0 aromatic carbocycles. The Labute approximate surface area is 80.9 Å². The minimum Gasteiger partial charge on any atom is -0.336 e. The van der Waals surface area contributed by atoms with Gasteiger partial charge in [-0.05, 0) is 12.8 Å². The average molecular weight is 201 g/mol. The Morgan fingerprint density at radius 3 is 2.54 bits per heavy atom. The molecule has 0 radical (unpaired) electrons. The fourth-order valence-corrected chi connectivity index (χ4v) is 2.33. The van der Waals surface area contributed by atoms with E-state index in [1.807, 2.05) is 4.90 Å². The Hall–Kier alpha value is -0.340. The third-order valence-corrected chi connectivity index (χ3v) is 3.35. The first-order valence-corrected chi connectivity index (χ1v) is 5.33. The molecule has 2 aliphatic rings. The summed E-state index contributed by atoms with van der Waals surface area (Å²) in [5.41, 5.74) is 0. The fraction of sp³-hybridized carbons (Fsp3) is 0.875. The van der Waals surface area contributed by atoms with Gasteiger partial charge < -0.3 is 10.2 Å². The third-order valence-electron chi connectivity index (χ3n) is 2.83. The van der Waals surface area contributed by atoms with E-state index in [2.05, 4.69) is 19.4 Å². The van der Waals surface area contributed by atoms with Gasteiger partial charge in [0.05, 0.1) is 0 Å². The number of carbonyl (C=O) groups is 1. The van der Waals surface area contributed by atoms with Crippen LogP contribution in [0, 0.1) is 0 Å². The highest BCUT2D eigenvalue weighted by Gasteiger charge is 2.29. The number of rotatable bonds is 1. The molecule has 0 aromatic rings. The zero-order chi connectivity index (χ0) is 9.26. The summed E-state index contributed by atoms with van der Waals surface area (Å²) in [6, 6.07) is 0.599. The maximum atomic E-state index is 11.4. The number of nitrogens with zero attached hydrogens (tertiary/aromatic N) is 2. The van der Waals surface area contributed by atoms with Gasteiger partial charge in [0, 0.05) is 32.2 Å². The highest BCUT2D eigenvalue weighted by molar-refractivity contribution is 7.13. The summed E-state index contributed by atoms with van der Waals surface area (Å²) in [6.45, 7) is 3.87. The van der Waals surface area contributed by atoms with Gasteiger partial charge >= 0.3 is 6.03 Å². The number of nitrogens with one attached hydrogen (secondary N) is 1. The highest BCUT2D eigenvalue weighted by Crippen LogP contribution is 2.19. The predicted molar refractivity (Wildman–Crippen MR) is 54.4 cm³/mol. The van der Waals surface area contributed by atoms with Gasteiger partial charge in [0.1, 0.15) is 0 Å². The van der Waals surface area contributed by atoms with Crippen LogP contribution in [0.4, 0.5) is 4.79 Å². The quantitative estimate of drug-likeness (QED) is 0.618. The van der Waals surface area contributed by atoms with Crippen LogP contribution in [0.5, 0.6) is 0 Å². The van der Waals surface area contributed by atoms with E-state index in [9.17, 15) is 4.79 Å². The van der Waals surface area contributed by atoms with E-state index in [4.69, 9.17) is 0 Å². The largest absolute Gasteiger partial charge is 0.336 e. The summed E-state index contributed by atoms with van der Waals surface area (Å²) in [6.07, 6.45) is 2.22. The van der Waals surface area contributed by atoms with E-state index in [0.717, 1.165) is 39.0 Å². The molecule has 74 valence electrons. The highest BCUT2D eigenvalue weighted by atomic mass is 31.0. The molecule has 5 heteroatoms. The van der Waals surface area contributed by atoms with Gasteiger partial charge in [-0.15, -0.1) is 0 Å². The summed E-state index contributed by atoms with van der Waals surface area (Å²) in [5.74, 6) is 0. The van der Waals surface area contributed by atoms with Crippen LogP contribution in [0.3, 0.4) is 0 Å². The summed E-state index contributed by atoms with van der Waals surface area (Å²) in [5, 5.41) is 2.85. The molecule has 2 fully saturated rings. The number of hydrogen-bond acceptors (Lipinski definition) is 2.